The van der Waals surface area contributed by atoms with Crippen molar-refractivity contribution in [1.29, 1.82) is 0 Å². The van der Waals surface area contributed by atoms with Crippen LogP contribution in [0, 0.1) is 5.92 Å². The summed E-state index contributed by atoms with van der Waals surface area (Å²) in [6, 6.07) is 5.87. The Bertz CT molecular complexity index is 773. The SMILES string of the molecule is O=C(/C=C/c1ccc2c(c1)OCCCO2)OCC(=O)N1CCC[C@H]2CCCC[C@H]21. The second kappa shape index (κ2) is 9.33. The molecule has 6 nitrogen and oxygen atoms in total. The zero-order valence-electron chi connectivity index (χ0n) is 16.8. The molecular formula is C23H29NO5. The van der Waals surface area contributed by atoms with Crippen LogP contribution in [0.25, 0.3) is 6.08 Å². The van der Waals surface area contributed by atoms with Crippen molar-refractivity contribution in [3.8, 4) is 11.5 Å². The molecule has 29 heavy (non-hydrogen) atoms. The van der Waals surface area contributed by atoms with Crippen molar-refractivity contribution in [3.63, 3.8) is 0 Å². The molecule has 0 bridgehead atoms. The van der Waals surface area contributed by atoms with Gasteiger partial charge in [0.1, 0.15) is 0 Å². The lowest BCUT2D eigenvalue weighted by molar-refractivity contribution is -0.151. The zero-order chi connectivity index (χ0) is 20.1. The molecule has 2 atom stereocenters. The summed E-state index contributed by atoms with van der Waals surface area (Å²) < 4.78 is 16.5. The van der Waals surface area contributed by atoms with Crippen molar-refractivity contribution in [3.05, 3.63) is 29.8 Å². The maximum Gasteiger partial charge on any atom is 0.331 e. The van der Waals surface area contributed by atoms with E-state index < -0.39 is 5.97 Å². The second-order valence-corrected chi connectivity index (χ2v) is 8.04. The molecule has 2 heterocycles. The summed E-state index contributed by atoms with van der Waals surface area (Å²) in [5, 5.41) is 0. The molecule has 6 heteroatoms. The van der Waals surface area contributed by atoms with E-state index in [4.69, 9.17) is 14.2 Å². The van der Waals surface area contributed by atoms with Crippen LogP contribution in [0.2, 0.25) is 0 Å². The maximum atomic E-state index is 12.6. The summed E-state index contributed by atoms with van der Waals surface area (Å²) in [4.78, 5) is 26.7. The molecule has 0 N–H and O–H groups in total. The van der Waals surface area contributed by atoms with Gasteiger partial charge >= 0.3 is 5.97 Å². The molecule has 1 amide bonds. The van der Waals surface area contributed by atoms with E-state index in [0.29, 0.717) is 30.9 Å². The minimum Gasteiger partial charge on any atom is -0.490 e. The average molecular weight is 399 g/mol. The minimum atomic E-state index is -0.511. The van der Waals surface area contributed by atoms with Crippen molar-refractivity contribution in [1.82, 2.24) is 4.90 Å². The number of carbonyl (C=O) groups is 2. The van der Waals surface area contributed by atoms with Crippen molar-refractivity contribution >= 4 is 18.0 Å². The third-order valence-corrected chi connectivity index (χ3v) is 6.08. The average Bonchev–Trinajstić information content (AvgIpc) is 3.00. The first kappa shape index (κ1) is 19.8. The molecule has 1 aromatic rings. The number of hydrogen-bond acceptors (Lipinski definition) is 5. The van der Waals surface area contributed by atoms with E-state index in [2.05, 4.69) is 0 Å². The van der Waals surface area contributed by atoms with Gasteiger partial charge < -0.3 is 19.1 Å². The van der Waals surface area contributed by atoms with Crippen LogP contribution in [-0.2, 0) is 14.3 Å². The Labute approximate surface area is 171 Å². The number of likely N-dealkylation sites (tertiary alicyclic amines) is 1. The van der Waals surface area contributed by atoms with Crippen LogP contribution < -0.4 is 9.47 Å². The summed E-state index contributed by atoms with van der Waals surface area (Å²) in [7, 11) is 0. The molecule has 0 unspecified atom stereocenters. The predicted molar refractivity (Wildman–Crippen MR) is 109 cm³/mol. The van der Waals surface area contributed by atoms with Gasteiger partial charge in [-0.3, -0.25) is 4.79 Å². The number of nitrogens with zero attached hydrogens (tertiary/aromatic N) is 1. The highest BCUT2D eigenvalue weighted by Gasteiger charge is 2.35. The van der Waals surface area contributed by atoms with Crippen LogP contribution in [0.1, 0.15) is 50.5 Å². The van der Waals surface area contributed by atoms with Gasteiger partial charge in [-0.05, 0) is 55.4 Å². The van der Waals surface area contributed by atoms with E-state index in [0.717, 1.165) is 37.1 Å². The Balaban J connectivity index is 1.29. The number of piperidine rings is 1. The molecule has 1 saturated heterocycles. The van der Waals surface area contributed by atoms with Gasteiger partial charge in [0.2, 0.25) is 0 Å². The number of rotatable bonds is 4. The number of benzene rings is 1. The van der Waals surface area contributed by atoms with Gasteiger partial charge in [-0.2, -0.15) is 0 Å². The fourth-order valence-corrected chi connectivity index (χ4v) is 4.65. The highest BCUT2D eigenvalue weighted by Crippen LogP contribution is 2.35. The molecule has 0 radical (unpaired) electrons. The largest absolute Gasteiger partial charge is 0.490 e. The number of carbonyl (C=O) groups excluding carboxylic acids is 2. The van der Waals surface area contributed by atoms with Crippen molar-refractivity contribution in [2.75, 3.05) is 26.4 Å². The quantitative estimate of drug-likeness (QED) is 0.572. The molecule has 2 fully saturated rings. The van der Waals surface area contributed by atoms with E-state index in [1.165, 1.54) is 31.8 Å². The summed E-state index contributed by atoms with van der Waals surface area (Å²) in [5.74, 6) is 1.44. The number of ether oxygens (including phenoxy) is 3. The van der Waals surface area contributed by atoms with Crippen LogP contribution in [0.3, 0.4) is 0 Å². The fourth-order valence-electron chi connectivity index (χ4n) is 4.65. The topological polar surface area (TPSA) is 65.1 Å². The van der Waals surface area contributed by atoms with E-state index in [1.54, 1.807) is 6.08 Å². The summed E-state index contributed by atoms with van der Waals surface area (Å²) in [6.45, 7) is 1.85. The Morgan fingerprint density at radius 2 is 1.83 bits per heavy atom. The van der Waals surface area contributed by atoms with Gasteiger partial charge in [0.15, 0.2) is 18.1 Å². The molecule has 1 aromatic carbocycles. The highest BCUT2D eigenvalue weighted by molar-refractivity contribution is 5.89. The van der Waals surface area contributed by atoms with E-state index >= 15 is 0 Å². The van der Waals surface area contributed by atoms with Crippen molar-refractivity contribution in [2.24, 2.45) is 5.92 Å². The third kappa shape index (κ3) is 4.92. The molecule has 1 aliphatic carbocycles. The second-order valence-electron chi connectivity index (χ2n) is 8.04. The molecule has 1 saturated carbocycles. The van der Waals surface area contributed by atoms with Crippen LogP contribution >= 0.6 is 0 Å². The Morgan fingerprint density at radius 3 is 2.72 bits per heavy atom. The number of esters is 1. The lowest BCUT2D eigenvalue weighted by atomic mass is 9.78. The van der Waals surface area contributed by atoms with Gasteiger partial charge in [-0.1, -0.05) is 18.9 Å². The zero-order valence-corrected chi connectivity index (χ0v) is 16.8. The van der Waals surface area contributed by atoms with Gasteiger partial charge in [-0.25, -0.2) is 4.79 Å². The number of amides is 1. The van der Waals surface area contributed by atoms with Gasteiger partial charge in [0.25, 0.3) is 5.91 Å². The summed E-state index contributed by atoms with van der Waals surface area (Å²) in [6.07, 6.45) is 10.9. The standard InChI is InChI=1S/C23H29NO5/c25-22(24-12-3-6-18-5-1-2-7-19(18)24)16-29-23(26)11-9-17-8-10-20-21(15-17)28-14-4-13-27-20/h8-11,15,18-19H,1-7,12-14,16H2/b11-9+/t18-,19-/m1/s1. The lowest BCUT2D eigenvalue weighted by Crippen LogP contribution is -2.50. The van der Waals surface area contributed by atoms with E-state index in [-0.39, 0.29) is 12.5 Å². The predicted octanol–water partition coefficient (Wildman–Crippen LogP) is 3.59. The third-order valence-electron chi connectivity index (χ3n) is 6.08. The van der Waals surface area contributed by atoms with E-state index in [9.17, 15) is 9.59 Å². The fraction of sp³-hybridized carbons (Fsp3) is 0.565. The van der Waals surface area contributed by atoms with Crippen molar-refractivity contribution < 1.29 is 23.8 Å². The lowest BCUT2D eigenvalue weighted by Gasteiger charge is -2.44. The smallest absolute Gasteiger partial charge is 0.331 e. The molecule has 0 spiro atoms. The highest BCUT2D eigenvalue weighted by atomic mass is 16.5. The number of fused-ring (bicyclic) bond motifs is 2. The van der Waals surface area contributed by atoms with Gasteiger partial charge in [0, 0.05) is 25.1 Å². The molecule has 0 aromatic heterocycles. The normalized spacial score (nSPS) is 23.9. The van der Waals surface area contributed by atoms with E-state index in [1.807, 2.05) is 23.1 Å². The molecular weight excluding hydrogens is 370 g/mol. The monoisotopic (exact) mass is 399 g/mol. The van der Waals surface area contributed by atoms with Crippen LogP contribution in [0.15, 0.2) is 24.3 Å². The van der Waals surface area contributed by atoms with Crippen molar-refractivity contribution in [2.45, 2.75) is 51.0 Å². The van der Waals surface area contributed by atoms with Gasteiger partial charge in [0.05, 0.1) is 13.2 Å². The first-order chi connectivity index (χ1) is 14.2. The molecule has 2 aliphatic heterocycles. The Kier molecular flexibility index (Phi) is 6.37. The Hall–Kier alpha value is -2.50. The number of hydrogen-bond donors (Lipinski definition) is 0. The first-order valence-electron chi connectivity index (χ1n) is 10.7. The maximum absolute atomic E-state index is 12.6. The van der Waals surface area contributed by atoms with Crippen LogP contribution in [0.5, 0.6) is 11.5 Å². The summed E-state index contributed by atoms with van der Waals surface area (Å²) >= 11 is 0. The first-order valence-corrected chi connectivity index (χ1v) is 10.7. The van der Waals surface area contributed by atoms with Crippen LogP contribution in [0.4, 0.5) is 0 Å². The van der Waals surface area contributed by atoms with Crippen LogP contribution in [-0.4, -0.2) is 49.2 Å². The van der Waals surface area contributed by atoms with Gasteiger partial charge in [-0.15, -0.1) is 0 Å². The minimum absolute atomic E-state index is 0.0704. The molecule has 156 valence electrons. The summed E-state index contributed by atoms with van der Waals surface area (Å²) in [5.41, 5.74) is 0.818. The molecule has 3 aliphatic rings. The molecule has 4 rings (SSSR count). The Morgan fingerprint density at radius 1 is 1.03 bits per heavy atom.